The van der Waals surface area contributed by atoms with Crippen LogP contribution < -0.4 is 0 Å². The number of cyclic esters (lactones) is 1. The van der Waals surface area contributed by atoms with E-state index in [2.05, 4.69) is 20.8 Å². The van der Waals surface area contributed by atoms with Gasteiger partial charge in [0.1, 0.15) is 18.3 Å². The molecule has 0 unspecified atom stereocenters. The molecule has 6 nitrogen and oxygen atoms in total. The quantitative estimate of drug-likeness (QED) is 0.441. The lowest BCUT2D eigenvalue weighted by molar-refractivity contribution is -0.202. The molecule has 0 aromatic carbocycles. The molecule has 0 bridgehead atoms. The van der Waals surface area contributed by atoms with E-state index in [0.29, 0.717) is 6.61 Å². The Bertz CT molecular complexity index is 523. The maximum atomic E-state index is 12.3. The molecule has 3 rings (SSSR count). The Morgan fingerprint density at radius 3 is 2.36 bits per heavy atom. The number of rotatable bonds is 8. The second-order valence-corrected chi connectivity index (χ2v) is 13.4. The van der Waals surface area contributed by atoms with Crippen LogP contribution in [0.1, 0.15) is 59.8 Å². The molecule has 5 atom stereocenters. The third-order valence-electron chi connectivity index (χ3n) is 7.21. The molecule has 1 saturated carbocycles. The molecular weight excluding hydrogens is 376 g/mol. The summed E-state index contributed by atoms with van der Waals surface area (Å²) in [6, 6.07) is 3.09. The standard InChI is InChI=1S/C21H38O6Si/c1-6-28(7-2,8-3)27-18(19-17(23-5)15(4)20(22)25-19)16-14-24-21(26-16)12-10-9-11-13-21/h15-19H,6-14H2,1-5H3/t15-,16-,17+,18-,19-/m1/s1. The molecule has 162 valence electrons. The Morgan fingerprint density at radius 2 is 1.79 bits per heavy atom. The summed E-state index contributed by atoms with van der Waals surface area (Å²) in [4.78, 5) is 12.3. The van der Waals surface area contributed by atoms with Gasteiger partial charge in [-0.15, -0.1) is 0 Å². The van der Waals surface area contributed by atoms with Crippen molar-refractivity contribution in [3.8, 4) is 0 Å². The van der Waals surface area contributed by atoms with E-state index in [1.54, 1.807) is 7.11 Å². The Hall–Kier alpha value is -0.473. The van der Waals surface area contributed by atoms with Crippen LogP contribution in [0.4, 0.5) is 0 Å². The van der Waals surface area contributed by atoms with Crippen molar-refractivity contribution >= 4 is 14.3 Å². The van der Waals surface area contributed by atoms with E-state index >= 15 is 0 Å². The molecule has 2 heterocycles. The molecule has 3 fully saturated rings. The molecule has 1 spiro atoms. The normalized spacial score (nSPS) is 34.0. The summed E-state index contributed by atoms with van der Waals surface area (Å²) < 4.78 is 31.1. The van der Waals surface area contributed by atoms with E-state index in [1.807, 2.05) is 6.92 Å². The monoisotopic (exact) mass is 414 g/mol. The summed E-state index contributed by atoms with van der Waals surface area (Å²) in [5, 5.41) is 0. The van der Waals surface area contributed by atoms with E-state index in [4.69, 9.17) is 23.4 Å². The molecule has 7 heteroatoms. The van der Waals surface area contributed by atoms with E-state index in [0.717, 1.165) is 43.8 Å². The Balaban J connectivity index is 1.85. The van der Waals surface area contributed by atoms with Crippen molar-refractivity contribution in [1.82, 2.24) is 0 Å². The van der Waals surface area contributed by atoms with Crippen LogP contribution in [0.2, 0.25) is 18.1 Å². The highest BCUT2D eigenvalue weighted by atomic mass is 28.4. The number of hydrogen-bond donors (Lipinski definition) is 0. The fraction of sp³-hybridized carbons (Fsp3) is 0.952. The third-order valence-corrected chi connectivity index (χ3v) is 11.9. The molecule has 0 N–H and O–H groups in total. The van der Waals surface area contributed by atoms with Gasteiger partial charge in [-0.2, -0.15) is 0 Å². The minimum absolute atomic E-state index is 0.214. The summed E-state index contributed by atoms with van der Waals surface area (Å²) in [6.07, 6.45) is 4.03. The molecule has 3 aliphatic rings. The highest BCUT2D eigenvalue weighted by molar-refractivity contribution is 6.73. The van der Waals surface area contributed by atoms with Crippen LogP contribution in [0.15, 0.2) is 0 Å². The van der Waals surface area contributed by atoms with Crippen LogP contribution in [-0.2, 0) is 28.2 Å². The molecule has 1 aliphatic carbocycles. The first-order chi connectivity index (χ1) is 13.4. The predicted octanol–water partition coefficient (Wildman–Crippen LogP) is 4.03. The van der Waals surface area contributed by atoms with E-state index in [-0.39, 0.29) is 30.2 Å². The predicted molar refractivity (Wildman–Crippen MR) is 109 cm³/mol. The first-order valence-corrected chi connectivity index (χ1v) is 13.7. The third kappa shape index (κ3) is 4.19. The number of hydrogen-bond acceptors (Lipinski definition) is 6. The van der Waals surface area contributed by atoms with Crippen molar-refractivity contribution in [3.05, 3.63) is 0 Å². The van der Waals surface area contributed by atoms with E-state index in [1.165, 1.54) is 6.42 Å². The largest absolute Gasteiger partial charge is 0.456 e. The smallest absolute Gasteiger partial charge is 0.311 e. The van der Waals surface area contributed by atoms with Gasteiger partial charge < -0.3 is 23.4 Å². The van der Waals surface area contributed by atoms with Gasteiger partial charge in [-0.05, 0) is 37.9 Å². The second kappa shape index (κ2) is 9.12. The number of methoxy groups -OCH3 is 1. The summed E-state index contributed by atoms with van der Waals surface area (Å²) in [5.41, 5.74) is 0. The highest BCUT2D eigenvalue weighted by Crippen LogP contribution is 2.42. The van der Waals surface area contributed by atoms with Crippen LogP contribution in [-0.4, -0.2) is 58.2 Å². The number of ether oxygens (including phenoxy) is 4. The lowest BCUT2D eigenvalue weighted by Crippen LogP contribution is -2.53. The summed E-state index contributed by atoms with van der Waals surface area (Å²) in [7, 11) is -0.301. The Morgan fingerprint density at radius 1 is 1.14 bits per heavy atom. The number of carbonyl (C=O) groups is 1. The fourth-order valence-electron chi connectivity index (χ4n) is 5.06. The zero-order chi connectivity index (χ0) is 20.4. The maximum Gasteiger partial charge on any atom is 0.311 e. The topological polar surface area (TPSA) is 63.2 Å². The van der Waals surface area contributed by atoms with Crippen LogP contribution in [0.3, 0.4) is 0 Å². The molecule has 0 aromatic heterocycles. The van der Waals surface area contributed by atoms with Crippen molar-refractivity contribution < 1.29 is 28.2 Å². The zero-order valence-electron chi connectivity index (χ0n) is 18.2. The van der Waals surface area contributed by atoms with Crippen molar-refractivity contribution in [2.24, 2.45) is 5.92 Å². The summed E-state index contributed by atoms with van der Waals surface area (Å²) >= 11 is 0. The van der Waals surface area contributed by atoms with Gasteiger partial charge in [-0.3, -0.25) is 4.79 Å². The van der Waals surface area contributed by atoms with Gasteiger partial charge in [-0.25, -0.2) is 0 Å². The van der Waals surface area contributed by atoms with Crippen molar-refractivity contribution in [1.29, 1.82) is 0 Å². The molecule has 2 saturated heterocycles. The van der Waals surface area contributed by atoms with Crippen molar-refractivity contribution in [3.63, 3.8) is 0 Å². The second-order valence-electron chi connectivity index (χ2n) is 8.66. The first kappa shape index (κ1) is 22.2. The number of esters is 1. The zero-order valence-corrected chi connectivity index (χ0v) is 19.2. The molecular formula is C21H38O6Si. The van der Waals surface area contributed by atoms with Crippen LogP contribution in [0, 0.1) is 5.92 Å². The molecule has 0 aromatic rings. The first-order valence-electron chi connectivity index (χ1n) is 11.2. The lowest BCUT2D eigenvalue weighted by Gasteiger charge is -2.39. The number of carbonyl (C=O) groups excluding carboxylic acids is 1. The molecule has 0 radical (unpaired) electrons. The minimum atomic E-state index is -1.95. The Kier molecular flexibility index (Phi) is 7.24. The summed E-state index contributed by atoms with van der Waals surface area (Å²) in [6.45, 7) is 8.99. The van der Waals surface area contributed by atoms with Crippen LogP contribution in [0.5, 0.6) is 0 Å². The van der Waals surface area contributed by atoms with Gasteiger partial charge in [0.2, 0.25) is 0 Å². The lowest BCUT2D eigenvalue weighted by atomic mass is 9.94. The fourth-order valence-corrected chi connectivity index (χ4v) is 7.92. The average Bonchev–Trinajstić information content (AvgIpc) is 3.25. The molecule has 0 amide bonds. The van der Waals surface area contributed by atoms with Gasteiger partial charge in [0.25, 0.3) is 0 Å². The van der Waals surface area contributed by atoms with Crippen LogP contribution >= 0.6 is 0 Å². The minimum Gasteiger partial charge on any atom is -0.456 e. The van der Waals surface area contributed by atoms with Gasteiger partial charge in [0.05, 0.1) is 12.5 Å². The SMILES string of the molecule is CC[Si](CC)(CC)O[C@@H]([C@@H]1OC(=O)[C@H](C)[C@@H]1OC)[C@H]1COC2(CCCCC2)O1. The Labute approximate surface area is 170 Å². The van der Waals surface area contributed by atoms with Gasteiger partial charge in [-0.1, -0.05) is 27.2 Å². The van der Waals surface area contributed by atoms with E-state index < -0.39 is 20.2 Å². The highest BCUT2D eigenvalue weighted by Gasteiger charge is 2.55. The van der Waals surface area contributed by atoms with Crippen molar-refractivity contribution in [2.75, 3.05) is 13.7 Å². The molecule has 2 aliphatic heterocycles. The van der Waals surface area contributed by atoms with E-state index in [9.17, 15) is 4.79 Å². The molecule has 28 heavy (non-hydrogen) atoms. The van der Waals surface area contributed by atoms with Gasteiger partial charge >= 0.3 is 5.97 Å². The van der Waals surface area contributed by atoms with Gasteiger partial charge in [0, 0.05) is 20.0 Å². The van der Waals surface area contributed by atoms with Crippen molar-refractivity contribution in [2.45, 2.75) is 108 Å². The van der Waals surface area contributed by atoms with Crippen LogP contribution in [0.25, 0.3) is 0 Å². The van der Waals surface area contributed by atoms with Gasteiger partial charge in [0.15, 0.2) is 20.2 Å². The maximum absolute atomic E-state index is 12.3. The summed E-state index contributed by atoms with van der Waals surface area (Å²) in [5.74, 6) is -0.988. The average molecular weight is 415 g/mol.